The van der Waals surface area contributed by atoms with Crippen LogP contribution in [0.15, 0.2) is 0 Å². The highest BCUT2D eigenvalue weighted by molar-refractivity contribution is 5.76. The lowest BCUT2D eigenvalue weighted by molar-refractivity contribution is -0.158. The van der Waals surface area contributed by atoms with Crippen molar-refractivity contribution in [1.82, 2.24) is 0 Å². The van der Waals surface area contributed by atoms with Gasteiger partial charge in [0.05, 0.1) is 18.1 Å². The zero-order chi connectivity index (χ0) is 9.90. The first-order valence-electron chi connectivity index (χ1n) is 4.94. The first-order valence-corrected chi connectivity index (χ1v) is 4.94. The lowest BCUT2D eigenvalue weighted by Gasteiger charge is -2.33. The molecular formula is C10H18O3. The molecule has 3 heteroatoms. The van der Waals surface area contributed by atoms with Gasteiger partial charge in [-0.3, -0.25) is 4.79 Å². The summed E-state index contributed by atoms with van der Waals surface area (Å²) in [4.78, 5) is 11.5. The van der Waals surface area contributed by atoms with Gasteiger partial charge in [0.15, 0.2) is 0 Å². The van der Waals surface area contributed by atoms with Crippen LogP contribution in [0.5, 0.6) is 0 Å². The molecule has 0 amide bonds. The van der Waals surface area contributed by atoms with Crippen LogP contribution in [0.1, 0.15) is 39.5 Å². The quantitative estimate of drug-likeness (QED) is 0.665. The lowest BCUT2D eigenvalue weighted by Crippen LogP contribution is -2.37. The maximum absolute atomic E-state index is 11.5. The molecule has 2 atom stereocenters. The Morgan fingerprint density at radius 1 is 1.69 bits per heavy atom. The van der Waals surface area contributed by atoms with Crippen molar-refractivity contribution in [3.63, 3.8) is 0 Å². The molecule has 0 spiro atoms. The molecule has 13 heavy (non-hydrogen) atoms. The van der Waals surface area contributed by atoms with Crippen molar-refractivity contribution >= 4 is 5.97 Å². The van der Waals surface area contributed by atoms with Gasteiger partial charge in [-0.05, 0) is 39.5 Å². The van der Waals surface area contributed by atoms with E-state index in [1.807, 2.05) is 6.92 Å². The van der Waals surface area contributed by atoms with Crippen LogP contribution < -0.4 is 0 Å². The summed E-state index contributed by atoms with van der Waals surface area (Å²) in [5.41, 5.74) is -0.451. The summed E-state index contributed by atoms with van der Waals surface area (Å²) < 4.78 is 4.98. The summed E-state index contributed by atoms with van der Waals surface area (Å²) in [5, 5.41) is 9.45. The molecule has 1 fully saturated rings. The number of hydrogen-bond acceptors (Lipinski definition) is 3. The second-order valence-electron chi connectivity index (χ2n) is 4.03. The van der Waals surface area contributed by atoms with Crippen LogP contribution in [-0.2, 0) is 9.53 Å². The number of ether oxygens (including phenoxy) is 1. The first-order chi connectivity index (χ1) is 6.08. The van der Waals surface area contributed by atoms with E-state index >= 15 is 0 Å². The van der Waals surface area contributed by atoms with Crippen LogP contribution in [0.3, 0.4) is 0 Å². The van der Waals surface area contributed by atoms with Crippen molar-refractivity contribution in [2.45, 2.75) is 45.6 Å². The van der Waals surface area contributed by atoms with Gasteiger partial charge in [-0.2, -0.15) is 0 Å². The largest absolute Gasteiger partial charge is 0.466 e. The summed E-state index contributed by atoms with van der Waals surface area (Å²) in [7, 11) is 0. The van der Waals surface area contributed by atoms with E-state index in [-0.39, 0.29) is 12.1 Å². The van der Waals surface area contributed by atoms with Crippen LogP contribution in [0.25, 0.3) is 0 Å². The Morgan fingerprint density at radius 2 is 2.38 bits per heavy atom. The summed E-state index contributed by atoms with van der Waals surface area (Å²) in [6.07, 6.45) is 2.78. The number of aliphatic hydroxyl groups is 1. The summed E-state index contributed by atoms with van der Waals surface area (Å²) >= 11 is 0. The monoisotopic (exact) mass is 186 g/mol. The van der Waals surface area contributed by atoms with Gasteiger partial charge in [-0.15, -0.1) is 0 Å². The molecule has 0 aromatic rings. The van der Waals surface area contributed by atoms with Crippen molar-refractivity contribution in [3.8, 4) is 0 Å². The summed E-state index contributed by atoms with van der Waals surface area (Å²) in [5.74, 6) is -0.159. The highest BCUT2D eigenvalue weighted by Gasteiger charge is 2.39. The predicted octanol–water partition coefficient (Wildman–Crippen LogP) is 1.49. The summed E-state index contributed by atoms with van der Waals surface area (Å²) in [6, 6.07) is 0. The van der Waals surface area contributed by atoms with Crippen LogP contribution in [0.2, 0.25) is 0 Å². The van der Waals surface area contributed by atoms with Gasteiger partial charge in [-0.25, -0.2) is 0 Å². The van der Waals surface area contributed by atoms with Crippen molar-refractivity contribution < 1.29 is 14.6 Å². The molecule has 0 aliphatic heterocycles. The Morgan fingerprint density at radius 3 is 2.92 bits per heavy atom. The van der Waals surface area contributed by atoms with E-state index in [1.54, 1.807) is 6.92 Å². The Bertz CT molecular complexity index is 191. The first kappa shape index (κ1) is 10.5. The average Bonchev–Trinajstić information content (AvgIpc) is 2.04. The predicted molar refractivity (Wildman–Crippen MR) is 49.2 cm³/mol. The molecule has 0 bridgehead atoms. The minimum atomic E-state index is -0.451. The van der Waals surface area contributed by atoms with Crippen molar-refractivity contribution in [3.05, 3.63) is 0 Å². The van der Waals surface area contributed by atoms with Crippen LogP contribution in [0.4, 0.5) is 0 Å². The average molecular weight is 186 g/mol. The molecule has 0 unspecified atom stereocenters. The Hall–Kier alpha value is -0.570. The molecule has 1 aliphatic rings. The Balaban J connectivity index is 2.57. The van der Waals surface area contributed by atoms with E-state index in [1.165, 1.54) is 0 Å². The summed E-state index contributed by atoms with van der Waals surface area (Å²) in [6.45, 7) is 4.11. The molecule has 1 N–H and O–H groups in total. The maximum atomic E-state index is 11.5. The highest BCUT2D eigenvalue weighted by atomic mass is 16.5. The smallest absolute Gasteiger partial charge is 0.311 e. The zero-order valence-electron chi connectivity index (χ0n) is 8.38. The number of rotatable bonds is 2. The molecule has 0 aromatic carbocycles. The van der Waals surface area contributed by atoms with E-state index < -0.39 is 5.41 Å². The van der Waals surface area contributed by atoms with Gasteiger partial charge >= 0.3 is 5.97 Å². The van der Waals surface area contributed by atoms with Gasteiger partial charge in [0.1, 0.15) is 0 Å². The molecule has 0 radical (unpaired) electrons. The second-order valence-corrected chi connectivity index (χ2v) is 4.03. The fraction of sp³-hybridized carbons (Fsp3) is 0.900. The van der Waals surface area contributed by atoms with Crippen molar-refractivity contribution in [2.75, 3.05) is 6.61 Å². The normalized spacial score (nSPS) is 34.2. The molecular weight excluding hydrogens is 168 g/mol. The lowest BCUT2D eigenvalue weighted by atomic mass is 9.74. The molecule has 1 saturated carbocycles. The third kappa shape index (κ3) is 2.44. The van der Waals surface area contributed by atoms with Gasteiger partial charge in [0.25, 0.3) is 0 Å². The van der Waals surface area contributed by atoms with E-state index in [2.05, 4.69) is 0 Å². The van der Waals surface area contributed by atoms with Crippen molar-refractivity contribution in [2.24, 2.45) is 5.41 Å². The van der Waals surface area contributed by atoms with Gasteiger partial charge in [-0.1, -0.05) is 0 Å². The second kappa shape index (κ2) is 4.09. The number of carbonyl (C=O) groups excluding carboxylic acids is 1. The maximum Gasteiger partial charge on any atom is 0.311 e. The molecule has 3 nitrogen and oxygen atoms in total. The number of hydrogen-bond donors (Lipinski definition) is 1. The van der Waals surface area contributed by atoms with Crippen molar-refractivity contribution in [1.29, 1.82) is 0 Å². The van der Waals surface area contributed by atoms with Gasteiger partial charge in [0.2, 0.25) is 0 Å². The molecule has 1 rings (SSSR count). The number of carbonyl (C=O) groups is 1. The topological polar surface area (TPSA) is 46.5 Å². The molecule has 0 heterocycles. The van der Waals surface area contributed by atoms with Gasteiger partial charge < -0.3 is 9.84 Å². The third-order valence-corrected chi connectivity index (χ3v) is 2.72. The minimum absolute atomic E-state index is 0.159. The van der Waals surface area contributed by atoms with Crippen LogP contribution >= 0.6 is 0 Å². The Labute approximate surface area is 79.1 Å². The standard InChI is InChI=1S/C10H18O3/c1-3-13-9(12)10(2)6-4-5-8(11)7-10/h8,11H,3-7H2,1-2H3/t8-,10-/m0/s1. The third-order valence-electron chi connectivity index (χ3n) is 2.72. The van der Waals surface area contributed by atoms with E-state index in [4.69, 9.17) is 4.74 Å². The minimum Gasteiger partial charge on any atom is -0.466 e. The molecule has 76 valence electrons. The van der Waals surface area contributed by atoms with Gasteiger partial charge in [0, 0.05) is 0 Å². The van der Waals surface area contributed by atoms with Crippen LogP contribution in [0, 0.1) is 5.41 Å². The fourth-order valence-electron chi connectivity index (χ4n) is 1.94. The van der Waals surface area contributed by atoms with E-state index in [0.29, 0.717) is 13.0 Å². The van der Waals surface area contributed by atoms with E-state index in [9.17, 15) is 9.90 Å². The van der Waals surface area contributed by atoms with Crippen LogP contribution in [-0.4, -0.2) is 23.8 Å². The number of aliphatic hydroxyl groups excluding tert-OH is 1. The SMILES string of the molecule is CCOC(=O)[C@@]1(C)CCC[C@H](O)C1. The highest BCUT2D eigenvalue weighted by Crippen LogP contribution is 2.36. The van der Waals surface area contributed by atoms with E-state index in [0.717, 1.165) is 19.3 Å². The molecule has 0 aromatic heterocycles. The zero-order valence-corrected chi connectivity index (χ0v) is 8.38. The fourth-order valence-corrected chi connectivity index (χ4v) is 1.94. The number of esters is 1. The molecule has 0 saturated heterocycles. The Kier molecular flexibility index (Phi) is 3.31. The molecule has 1 aliphatic carbocycles.